The van der Waals surface area contributed by atoms with E-state index in [9.17, 15) is 4.79 Å². The Hall–Kier alpha value is -1.71. The molecule has 1 atom stereocenters. The summed E-state index contributed by atoms with van der Waals surface area (Å²) in [5.41, 5.74) is 0.688. The number of hydrogen-bond donors (Lipinski definition) is 1. The van der Waals surface area contributed by atoms with E-state index in [0.29, 0.717) is 24.7 Å². The zero-order valence-electron chi connectivity index (χ0n) is 14.3. The number of carbonyl (C=O) groups excluding carboxylic acids is 1. The summed E-state index contributed by atoms with van der Waals surface area (Å²) in [6.45, 7) is 9.22. The van der Waals surface area contributed by atoms with Crippen LogP contribution in [0.2, 0.25) is 0 Å². The minimum Gasteiger partial charge on any atom is -0.494 e. The first-order chi connectivity index (χ1) is 10.7. The van der Waals surface area contributed by atoms with Gasteiger partial charge in [-0.2, -0.15) is 0 Å². The van der Waals surface area contributed by atoms with E-state index >= 15 is 0 Å². The van der Waals surface area contributed by atoms with Gasteiger partial charge in [-0.1, -0.05) is 26.7 Å². The summed E-state index contributed by atoms with van der Waals surface area (Å²) in [6.07, 6.45) is 3.95. The lowest BCUT2D eigenvalue weighted by Gasteiger charge is -2.17. The second-order valence-corrected chi connectivity index (χ2v) is 5.26. The maximum atomic E-state index is 12.5. The van der Waals surface area contributed by atoms with Gasteiger partial charge >= 0.3 is 0 Å². The quantitative estimate of drug-likeness (QED) is 0.685. The highest BCUT2D eigenvalue weighted by atomic mass is 16.5. The molecule has 0 fully saturated rings. The Morgan fingerprint density at radius 1 is 1.14 bits per heavy atom. The molecule has 0 saturated heterocycles. The molecule has 0 unspecified atom stereocenters. The lowest BCUT2D eigenvalue weighted by Crippen LogP contribution is -2.22. The van der Waals surface area contributed by atoms with Gasteiger partial charge in [-0.15, -0.1) is 0 Å². The lowest BCUT2D eigenvalue weighted by atomic mass is 9.98. The van der Waals surface area contributed by atoms with Crippen LogP contribution in [-0.2, 0) is 4.79 Å². The fourth-order valence-electron chi connectivity index (χ4n) is 2.35. The molecule has 0 heterocycles. The number of rotatable bonds is 10. The highest BCUT2D eigenvalue weighted by Gasteiger charge is 2.18. The summed E-state index contributed by atoms with van der Waals surface area (Å²) in [5, 5.41) is 3.01. The van der Waals surface area contributed by atoms with Gasteiger partial charge in [0, 0.05) is 12.0 Å². The highest BCUT2D eigenvalue weighted by Crippen LogP contribution is 2.30. The van der Waals surface area contributed by atoms with Crippen molar-refractivity contribution in [3.8, 4) is 11.5 Å². The third kappa shape index (κ3) is 5.58. The number of amides is 1. The molecular formula is C18H29NO3. The molecule has 124 valence electrons. The molecule has 1 aromatic rings. The van der Waals surface area contributed by atoms with Crippen LogP contribution in [0.3, 0.4) is 0 Å². The average molecular weight is 307 g/mol. The Morgan fingerprint density at radius 3 is 2.45 bits per heavy atom. The highest BCUT2D eigenvalue weighted by molar-refractivity contribution is 5.94. The van der Waals surface area contributed by atoms with Gasteiger partial charge in [0.1, 0.15) is 11.5 Å². The normalized spacial score (nSPS) is 11.8. The van der Waals surface area contributed by atoms with E-state index in [0.717, 1.165) is 31.4 Å². The number of anilines is 1. The van der Waals surface area contributed by atoms with Crippen molar-refractivity contribution in [2.45, 2.75) is 53.4 Å². The largest absolute Gasteiger partial charge is 0.494 e. The van der Waals surface area contributed by atoms with Crippen molar-refractivity contribution in [2.24, 2.45) is 5.92 Å². The van der Waals surface area contributed by atoms with Crippen LogP contribution in [-0.4, -0.2) is 19.1 Å². The van der Waals surface area contributed by atoms with E-state index in [1.165, 1.54) is 0 Å². The van der Waals surface area contributed by atoms with E-state index < -0.39 is 0 Å². The van der Waals surface area contributed by atoms with Gasteiger partial charge in [0.2, 0.25) is 5.91 Å². The van der Waals surface area contributed by atoms with Crippen molar-refractivity contribution in [3.05, 3.63) is 18.2 Å². The van der Waals surface area contributed by atoms with E-state index in [2.05, 4.69) is 19.2 Å². The summed E-state index contributed by atoms with van der Waals surface area (Å²) in [7, 11) is 0. The van der Waals surface area contributed by atoms with Crippen LogP contribution < -0.4 is 14.8 Å². The van der Waals surface area contributed by atoms with Crippen LogP contribution in [0.25, 0.3) is 0 Å². The van der Waals surface area contributed by atoms with E-state index in [1.807, 2.05) is 32.0 Å². The molecule has 0 spiro atoms. The fourth-order valence-corrected chi connectivity index (χ4v) is 2.35. The third-order valence-electron chi connectivity index (χ3n) is 3.59. The second-order valence-electron chi connectivity index (χ2n) is 5.26. The number of carbonyl (C=O) groups is 1. The van der Waals surface area contributed by atoms with E-state index in [-0.39, 0.29) is 11.8 Å². The average Bonchev–Trinajstić information content (AvgIpc) is 2.51. The van der Waals surface area contributed by atoms with Gasteiger partial charge in [-0.3, -0.25) is 4.79 Å². The van der Waals surface area contributed by atoms with Gasteiger partial charge < -0.3 is 14.8 Å². The first kappa shape index (κ1) is 18.3. The summed E-state index contributed by atoms with van der Waals surface area (Å²) in [5.74, 6) is 1.53. The molecule has 0 aromatic heterocycles. The first-order valence-electron chi connectivity index (χ1n) is 8.36. The van der Waals surface area contributed by atoms with Crippen molar-refractivity contribution in [3.63, 3.8) is 0 Å². The molecule has 1 N–H and O–H groups in total. The maximum absolute atomic E-state index is 12.5. The molecule has 0 radical (unpaired) electrons. The third-order valence-corrected chi connectivity index (χ3v) is 3.59. The molecule has 0 aliphatic carbocycles. The molecule has 22 heavy (non-hydrogen) atoms. The Morgan fingerprint density at radius 2 is 1.86 bits per heavy atom. The van der Waals surface area contributed by atoms with Crippen LogP contribution >= 0.6 is 0 Å². The Kier molecular flexibility index (Phi) is 8.41. The minimum absolute atomic E-state index is 0.0465. The predicted molar refractivity (Wildman–Crippen MR) is 90.7 cm³/mol. The van der Waals surface area contributed by atoms with Crippen molar-refractivity contribution in [1.29, 1.82) is 0 Å². The van der Waals surface area contributed by atoms with Crippen LogP contribution in [0.1, 0.15) is 53.4 Å². The van der Waals surface area contributed by atoms with Gasteiger partial charge in [0.05, 0.1) is 18.9 Å². The molecule has 1 aromatic carbocycles. The van der Waals surface area contributed by atoms with Gasteiger partial charge in [0.15, 0.2) is 0 Å². The topological polar surface area (TPSA) is 47.6 Å². The monoisotopic (exact) mass is 307 g/mol. The standard InChI is InChI=1S/C18H29NO3/c1-5-9-10-14(6-2)18(20)19-16-13-15(21-7-3)11-12-17(16)22-8-4/h11-14H,5-10H2,1-4H3,(H,19,20)/t14-/m0/s1. The number of unbranched alkanes of at least 4 members (excludes halogenated alkanes) is 1. The molecule has 0 aliphatic heterocycles. The fraction of sp³-hybridized carbons (Fsp3) is 0.611. The molecule has 1 rings (SSSR count). The summed E-state index contributed by atoms with van der Waals surface area (Å²) in [6, 6.07) is 5.54. The summed E-state index contributed by atoms with van der Waals surface area (Å²) < 4.78 is 11.1. The first-order valence-corrected chi connectivity index (χ1v) is 8.36. The number of ether oxygens (including phenoxy) is 2. The SMILES string of the molecule is CCCC[C@H](CC)C(=O)Nc1cc(OCC)ccc1OCC. The van der Waals surface area contributed by atoms with E-state index in [1.54, 1.807) is 0 Å². The van der Waals surface area contributed by atoms with E-state index in [4.69, 9.17) is 9.47 Å². The van der Waals surface area contributed by atoms with Gasteiger partial charge in [0.25, 0.3) is 0 Å². The van der Waals surface area contributed by atoms with Crippen molar-refractivity contribution >= 4 is 11.6 Å². The van der Waals surface area contributed by atoms with Crippen molar-refractivity contribution < 1.29 is 14.3 Å². The van der Waals surface area contributed by atoms with Crippen LogP contribution in [0, 0.1) is 5.92 Å². The molecule has 1 amide bonds. The molecule has 4 heteroatoms. The number of hydrogen-bond acceptors (Lipinski definition) is 3. The number of nitrogens with one attached hydrogen (secondary N) is 1. The van der Waals surface area contributed by atoms with Gasteiger partial charge in [-0.25, -0.2) is 0 Å². The second kappa shape index (κ2) is 10.1. The smallest absolute Gasteiger partial charge is 0.227 e. The molecular weight excluding hydrogens is 278 g/mol. The van der Waals surface area contributed by atoms with Crippen LogP contribution in [0.4, 0.5) is 5.69 Å². The summed E-state index contributed by atoms with van der Waals surface area (Å²) in [4.78, 5) is 12.5. The maximum Gasteiger partial charge on any atom is 0.227 e. The molecule has 0 aliphatic rings. The Bertz CT molecular complexity index is 460. The summed E-state index contributed by atoms with van der Waals surface area (Å²) >= 11 is 0. The Balaban J connectivity index is 2.87. The van der Waals surface area contributed by atoms with Gasteiger partial charge in [-0.05, 0) is 38.8 Å². The van der Waals surface area contributed by atoms with Crippen molar-refractivity contribution in [2.75, 3.05) is 18.5 Å². The predicted octanol–water partition coefficient (Wildman–Crippen LogP) is 4.64. The van der Waals surface area contributed by atoms with Crippen LogP contribution in [0.5, 0.6) is 11.5 Å². The Labute approximate surface area is 134 Å². The van der Waals surface area contributed by atoms with Crippen molar-refractivity contribution in [1.82, 2.24) is 0 Å². The van der Waals surface area contributed by atoms with Crippen LogP contribution in [0.15, 0.2) is 18.2 Å². The number of benzene rings is 1. The molecule has 0 bridgehead atoms. The zero-order chi connectivity index (χ0) is 16.4. The zero-order valence-corrected chi connectivity index (χ0v) is 14.3. The molecule has 0 saturated carbocycles. The lowest BCUT2D eigenvalue weighted by molar-refractivity contribution is -0.120. The minimum atomic E-state index is 0.0465. The molecule has 4 nitrogen and oxygen atoms in total.